The summed E-state index contributed by atoms with van der Waals surface area (Å²) in [7, 11) is -4.08. The average Bonchev–Trinajstić information content (AvgIpc) is 3.08. The third kappa shape index (κ3) is 7.07. The molecule has 13 nitrogen and oxygen atoms in total. The first-order valence-electron chi connectivity index (χ1n) is 11.0. The van der Waals surface area contributed by atoms with Gasteiger partial charge in [-0.3, -0.25) is 37.5 Å². The van der Waals surface area contributed by atoms with Crippen LogP contribution in [0.3, 0.4) is 0 Å². The minimum absolute atomic E-state index is 0.00189. The number of hydrogen-bond donors (Lipinski definition) is 1. The van der Waals surface area contributed by atoms with E-state index < -0.39 is 68.1 Å². The fourth-order valence-corrected chi connectivity index (χ4v) is 4.78. The molecule has 1 N–H and O–H groups in total. The molecule has 0 aliphatic carbocycles. The summed E-state index contributed by atoms with van der Waals surface area (Å²) in [6, 6.07) is 1.00. The lowest BCUT2D eigenvalue weighted by Gasteiger charge is -2.28. The van der Waals surface area contributed by atoms with Crippen molar-refractivity contribution in [2.45, 2.75) is 64.3 Å². The number of aromatic nitrogens is 2. The van der Waals surface area contributed by atoms with Gasteiger partial charge in [0.2, 0.25) is 0 Å². The molecule has 0 unspecified atom stereocenters. The highest BCUT2D eigenvalue weighted by Crippen LogP contribution is 2.53. The molecule has 35 heavy (non-hydrogen) atoms. The van der Waals surface area contributed by atoms with E-state index in [1.807, 2.05) is 4.98 Å². The van der Waals surface area contributed by atoms with Crippen molar-refractivity contribution in [2.24, 2.45) is 5.92 Å². The molecule has 2 fully saturated rings. The molecule has 3 rings (SSSR count). The first kappa shape index (κ1) is 27.2. The summed E-state index contributed by atoms with van der Waals surface area (Å²) in [5.74, 6) is -1.58. The van der Waals surface area contributed by atoms with Crippen LogP contribution in [0, 0.1) is 5.92 Å². The molecule has 1 aromatic rings. The largest absolute Gasteiger partial charge is 0.474 e. The quantitative estimate of drug-likeness (QED) is 0.367. The van der Waals surface area contributed by atoms with E-state index in [-0.39, 0.29) is 32.2 Å². The molecule has 2 aliphatic rings. The molecule has 0 spiro atoms. The first-order chi connectivity index (χ1) is 16.5. The molecular formula is C20H28FN2O11P. The topological polar surface area (TPSA) is 161 Å². The number of carbonyl (C=O) groups excluding carboxylic acids is 2. The van der Waals surface area contributed by atoms with Crippen molar-refractivity contribution in [3.05, 3.63) is 33.1 Å². The molecule has 196 valence electrons. The van der Waals surface area contributed by atoms with Crippen LogP contribution in [-0.2, 0) is 41.9 Å². The Balaban J connectivity index is 1.64. The maximum atomic E-state index is 15.2. The zero-order valence-corrected chi connectivity index (χ0v) is 20.3. The van der Waals surface area contributed by atoms with Crippen LogP contribution in [0.5, 0.6) is 0 Å². The van der Waals surface area contributed by atoms with Crippen molar-refractivity contribution in [3.8, 4) is 0 Å². The van der Waals surface area contributed by atoms with Crippen LogP contribution in [0.25, 0.3) is 0 Å². The van der Waals surface area contributed by atoms with Crippen LogP contribution in [-0.4, -0.2) is 65.8 Å². The summed E-state index contributed by atoms with van der Waals surface area (Å²) in [6.07, 6.45) is -5.62. The van der Waals surface area contributed by atoms with E-state index in [9.17, 15) is 23.7 Å². The minimum atomic E-state index is -4.08. The van der Waals surface area contributed by atoms with Gasteiger partial charge in [0, 0.05) is 24.6 Å². The molecule has 0 saturated carbocycles. The molecule has 4 atom stereocenters. The Morgan fingerprint density at radius 1 is 1.26 bits per heavy atom. The van der Waals surface area contributed by atoms with Gasteiger partial charge < -0.3 is 14.2 Å². The lowest BCUT2D eigenvalue weighted by atomic mass is 10.1. The van der Waals surface area contributed by atoms with E-state index in [0.29, 0.717) is 0 Å². The van der Waals surface area contributed by atoms with Gasteiger partial charge in [0.25, 0.3) is 5.56 Å². The van der Waals surface area contributed by atoms with Gasteiger partial charge in [-0.2, -0.15) is 0 Å². The van der Waals surface area contributed by atoms with Crippen LogP contribution in [0.1, 0.15) is 39.8 Å². The summed E-state index contributed by atoms with van der Waals surface area (Å²) in [5.41, 5.74) is -1.62. The number of esters is 2. The monoisotopic (exact) mass is 522 g/mol. The third-order valence-corrected chi connectivity index (χ3v) is 6.50. The second-order valence-electron chi connectivity index (χ2n) is 8.28. The third-order valence-electron chi connectivity index (χ3n) is 5.10. The zero-order chi connectivity index (χ0) is 25.8. The van der Waals surface area contributed by atoms with E-state index in [0.717, 1.165) is 16.8 Å². The Kier molecular flexibility index (Phi) is 9.00. The summed E-state index contributed by atoms with van der Waals surface area (Å²) < 4.78 is 60.2. The number of nitrogens with one attached hydrogen (secondary N) is 1. The van der Waals surface area contributed by atoms with Crippen molar-refractivity contribution in [3.63, 3.8) is 0 Å². The molecule has 3 heterocycles. The first-order valence-corrected chi connectivity index (χ1v) is 12.5. The highest BCUT2D eigenvalue weighted by molar-refractivity contribution is 7.48. The number of ether oxygens (including phenoxy) is 3. The number of phosphoric acid groups is 1. The van der Waals surface area contributed by atoms with Gasteiger partial charge in [-0.05, 0) is 13.8 Å². The highest BCUT2D eigenvalue weighted by atomic mass is 31.2. The summed E-state index contributed by atoms with van der Waals surface area (Å²) in [5, 5.41) is 0. The summed E-state index contributed by atoms with van der Waals surface area (Å²) in [6.45, 7) is 4.16. The molecule has 0 amide bonds. The van der Waals surface area contributed by atoms with Gasteiger partial charge in [0.1, 0.15) is 6.10 Å². The van der Waals surface area contributed by atoms with Crippen LogP contribution >= 0.6 is 7.82 Å². The van der Waals surface area contributed by atoms with Crippen molar-refractivity contribution in [1.29, 1.82) is 0 Å². The molecule has 1 aromatic heterocycles. The lowest BCUT2D eigenvalue weighted by Crippen LogP contribution is -2.38. The zero-order valence-electron chi connectivity index (χ0n) is 19.4. The van der Waals surface area contributed by atoms with Gasteiger partial charge in [0.05, 0.1) is 32.3 Å². The SMILES string of the molecule is CCC(=O)O[C@H]1[C@@H](F)[C@H](n2ccc(=O)[nH]c2=O)O[C@@H]1COP1(=O)OCC(CC(=O)OC(C)C)CO1. The van der Waals surface area contributed by atoms with Crippen molar-refractivity contribution < 1.29 is 46.3 Å². The van der Waals surface area contributed by atoms with E-state index in [1.165, 1.54) is 6.92 Å². The molecule has 0 aromatic carbocycles. The predicted octanol–water partition coefficient (Wildman–Crippen LogP) is 1.22. The van der Waals surface area contributed by atoms with Crippen molar-refractivity contribution >= 4 is 19.8 Å². The fraction of sp³-hybridized carbons (Fsp3) is 0.700. The van der Waals surface area contributed by atoms with Crippen LogP contribution in [0.2, 0.25) is 0 Å². The van der Waals surface area contributed by atoms with Crippen molar-refractivity contribution in [2.75, 3.05) is 19.8 Å². The Morgan fingerprint density at radius 2 is 1.94 bits per heavy atom. The van der Waals surface area contributed by atoms with E-state index in [4.69, 9.17) is 27.8 Å². The normalized spacial score (nSPS) is 30.8. The number of nitrogens with zero attached hydrogens (tertiary/aromatic N) is 1. The van der Waals surface area contributed by atoms with Crippen LogP contribution in [0.4, 0.5) is 4.39 Å². The lowest BCUT2D eigenvalue weighted by molar-refractivity contribution is -0.155. The number of alkyl halides is 1. The second-order valence-corrected chi connectivity index (χ2v) is 9.95. The van der Waals surface area contributed by atoms with Gasteiger partial charge >= 0.3 is 25.5 Å². The number of carbonyl (C=O) groups is 2. The molecular weight excluding hydrogens is 494 g/mol. The standard InChI is InChI=1S/C20H28FN2O11P/c1-4-15(25)34-18-13(33-19(17(18)21)23-6-5-14(24)22-20(23)27)10-31-35(28)29-8-12(9-30-35)7-16(26)32-11(2)3/h5-6,11-13,17-19H,4,7-10H2,1-3H3,(H,22,24,27)/t12?,13-,17-,18-,19-,35?/m1/s1. The number of rotatable bonds is 9. The van der Waals surface area contributed by atoms with E-state index in [1.54, 1.807) is 13.8 Å². The number of H-pyrrole nitrogens is 1. The van der Waals surface area contributed by atoms with Gasteiger partial charge in [-0.1, -0.05) is 6.92 Å². The molecule has 2 aliphatic heterocycles. The number of hydrogen-bond acceptors (Lipinski definition) is 11. The number of halogens is 1. The smallest absolute Gasteiger partial charge is 0.463 e. The Bertz CT molecular complexity index is 1060. The molecule has 15 heteroatoms. The Hall–Kier alpha value is -2.38. The van der Waals surface area contributed by atoms with Gasteiger partial charge in [-0.15, -0.1) is 0 Å². The molecule has 0 bridgehead atoms. The van der Waals surface area contributed by atoms with E-state index in [2.05, 4.69) is 0 Å². The predicted molar refractivity (Wildman–Crippen MR) is 115 cm³/mol. The molecule has 2 saturated heterocycles. The molecule has 0 radical (unpaired) electrons. The average molecular weight is 522 g/mol. The summed E-state index contributed by atoms with van der Waals surface area (Å²) >= 11 is 0. The maximum Gasteiger partial charge on any atom is 0.474 e. The summed E-state index contributed by atoms with van der Waals surface area (Å²) in [4.78, 5) is 49.0. The van der Waals surface area contributed by atoms with Gasteiger partial charge in [0.15, 0.2) is 18.5 Å². The van der Waals surface area contributed by atoms with Gasteiger partial charge in [-0.25, -0.2) is 13.8 Å². The van der Waals surface area contributed by atoms with Crippen LogP contribution < -0.4 is 11.2 Å². The van der Waals surface area contributed by atoms with Crippen LogP contribution in [0.15, 0.2) is 21.9 Å². The number of phosphoric ester groups is 1. The Morgan fingerprint density at radius 3 is 2.54 bits per heavy atom. The second kappa shape index (κ2) is 11.6. The van der Waals surface area contributed by atoms with E-state index >= 15 is 4.39 Å². The Labute approximate surface area is 199 Å². The maximum absolute atomic E-state index is 15.2. The van der Waals surface area contributed by atoms with Crippen molar-refractivity contribution in [1.82, 2.24) is 9.55 Å². The fourth-order valence-electron chi connectivity index (χ4n) is 3.44. The highest BCUT2D eigenvalue weighted by Gasteiger charge is 2.50. The number of aromatic amines is 1. The minimum Gasteiger partial charge on any atom is -0.463 e.